The van der Waals surface area contributed by atoms with E-state index < -0.39 is 0 Å². The molecule has 0 saturated carbocycles. The maximum Gasteiger partial charge on any atom is 0.0462 e. The first-order valence-corrected chi connectivity index (χ1v) is 6.36. The Morgan fingerprint density at radius 2 is 1.76 bits per heavy atom. The Morgan fingerprint density at radius 1 is 1.18 bits per heavy atom. The summed E-state index contributed by atoms with van der Waals surface area (Å²) in [5, 5.41) is 0. The lowest BCUT2D eigenvalue weighted by Gasteiger charge is -2.16. The van der Waals surface area contributed by atoms with Gasteiger partial charge in [0.05, 0.1) is 0 Å². The normalized spacial score (nSPS) is 12.8. The van der Waals surface area contributed by atoms with E-state index in [2.05, 4.69) is 32.9 Å². The molecule has 0 saturated heterocycles. The fraction of sp³-hybridized carbons (Fsp3) is 0.600. The second-order valence-electron chi connectivity index (χ2n) is 4.98. The Balaban J connectivity index is 2.61. The minimum absolute atomic E-state index is 0.241. The van der Waals surface area contributed by atoms with E-state index in [4.69, 9.17) is 10.5 Å². The van der Waals surface area contributed by atoms with E-state index in [0.29, 0.717) is 0 Å². The molecule has 1 aromatic carbocycles. The summed E-state index contributed by atoms with van der Waals surface area (Å²) in [5.74, 6) is 0. The molecule has 0 aliphatic rings. The van der Waals surface area contributed by atoms with Gasteiger partial charge >= 0.3 is 0 Å². The molecule has 0 aliphatic heterocycles. The average molecular weight is 235 g/mol. The van der Waals surface area contributed by atoms with Crippen molar-refractivity contribution in [3.63, 3.8) is 0 Å². The summed E-state index contributed by atoms with van der Waals surface area (Å²) in [4.78, 5) is 0. The molecular weight excluding hydrogens is 210 g/mol. The Morgan fingerprint density at radius 3 is 2.29 bits per heavy atom. The molecule has 2 nitrogen and oxygen atoms in total. The monoisotopic (exact) mass is 235 g/mol. The molecule has 96 valence electrons. The zero-order valence-corrected chi connectivity index (χ0v) is 11.5. The minimum atomic E-state index is 0.241. The number of aryl methyl sites for hydroxylation is 3. The molecule has 1 atom stereocenters. The number of rotatable bonds is 6. The van der Waals surface area contributed by atoms with Crippen LogP contribution in [0.5, 0.6) is 0 Å². The van der Waals surface area contributed by atoms with Crippen molar-refractivity contribution in [2.45, 2.75) is 46.1 Å². The van der Waals surface area contributed by atoms with E-state index in [1.165, 1.54) is 22.3 Å². The van der Waals surface area contributed by atoms with Gasteiger partial charge in [0.2, 0.25) is 0 Å². The third kappa shape index (κ3) is 4.49. The highest BCUT2D eigenvalue weighted by atomic mass is 16.5. The van der Waals surface area contributed by atoms with Gasteiger partial charge < -0.3 is 10.5 Å². The summed E-state index contributed by atoms with van der Waals surface area (Å²) in [6, 6.07) is 4.72. The van der Waals surface area contributed by atoms with Crippen LogP contribution in [0.25, 0.3) is 0 Å². The van der Waals surface area contributed by atoms with E-state index in [-0.39, 0.29) is 6.04 Å². The summed E-state index contributed by atoms with van der Waals surface area (Å²) in [7, 11) is 1.74. The number of methoxy groups -OCH3 is 1. The van der Waals surface area contributed by atoms with Crippen LogP contribution in [0, 0.1) is 20.8 Å². The Bertz CT molecular complexity index is 337. The van der Waals surface area contributed by atoms with E-state index in [1.807, 2.05) is 0 Å². The van der Waals surface area contributed by atoms with Crippen LogP contribution in [0.15, 0.2) is 12.1 Å². The van der Waals surface area contributed by atoms with Crippen LogP contribution >= 0.6 is 0 Å². The molecule has 0 fully saturated rings. The van der Waals surface area contributed by atoms with Crippen molar-refractivity contribution >= 4 is 0 Å². The molecule has 17 heavy (non-hydrogen) atoms. The van der Waals surface area contributed by atoms with Crippen molar-refractivity contribution in [1.29, 1.82) is 0 Å². The van der Waals surface area contributed by atoms with E-state index in [9.17, 15) is 0 Å². The molecule has 1 rings (SSSR count). The maximum absolute atomic E-state index is 6.17. The molecule has 1 aromatic rings. The predicted molar refractivity (Wildman–Crippen MR) is 73.4 cm³/mol. The lowest BCUT2D eigenvalue weighted by Crippen LogP contribution is -2.24. The van der Waals surface area contributed by atoms with Crippen LogP contribution in [0.1, 0.15) is 35.1 Å². The third-order valence-corrected chi connectivity index (χ3v) is 3.23. The lowest BCUT2D eigenvalue weighted by molar-refractivity contribution is 0.190. The molecule has 0 radical (unpaired) electrons. The van der Waals surface area contributed by atoms with Crippen molar-refractivity contribution in [3.8, 4) is 0 Å². The first-order chi connectivity index (χ1) is 8.04. The average Bonchev–Trinajstić information content (AvgIpc) is 2.24. The number of hydrogen-bond acceptors (Lipinski definition) is 2. The molecule has 0 aromatic heterocycles. The van der Waals surface area contributed by atoms with Crippen LogP contribution in [0.4, 0.5) is 0 Å². The number of benzene rings is 1. The number of nitrogens with two attached hydrogens (primary N) is 1. The second-order valence-corrected chi connectivity index (χ2v) is 4.98. The van der Waals surface area contributed by atoms with E-state index in [0.717, 1.165) is 25.9 Å². The van der Waals surface area contributed by atoms with Gasteiger partial charge in [-0.2, -0.15) is 0 Å². The molecule has 0 amide bonds. The van der Waals surface area contributed by atoms with Crippen molar-refractivity contribution in [3.05, 3.63) is 34.4 Å². The van der Waals surface area contributed by atoms with Crippen molar-refractivity contribution in [2.24, 2.45) is 5.73 Å². The summed E-state index contributed by atoms with van der Waals surface area (Å²) in [5.41, 5.74) is 11.6. The summed E-state index contributed by atoms with van der Waals surface area (Å²) in [6.07, 6.45) is 3.05. The highest BCUT2D eigenvalue weighted by molar-refractivity contribution is 5.37. The lowest BCUT2D eigenvalue weighted by atomic mass is 9.93. The SMILES string of the molecule is COCCCC(N)Cc1c(C)cc(C)cc1C. The van der Waals surface area contributed by atoms with Gasteiger partial charge in [-0.1, -0.05) is 17.7 Å². The Hall–Kier alpha value is -0.860. The van der Waals surface area contributed by atoms with Gasteiger partial charge in [-0.3, -0.25) is 0 Å². The van der Waals surface area contributed by atoms with Crippen LogP contribution < -0.4 is 5.73 Å². The first-order valence-electron chi connectivity index (χ1n) is 6.36. The van der Waals surface area contributed by atoms with Crippen molar-refractivity contribution in [2.75, 3.05) is 13.7 Å². The van der Waals surface area contributed by atoms with Crippen LogP contribution in [-0.2, 0) is 11.2 Å². The Labute approximate surface area is 105 Å². The number of hydrogen-bond donors (Lipinski definition) is 1. The van der Waals surface area contributed by atoms with Gasteiger partial charge in [0.25, 0.3) is 0 Å². The summed E-state index contributed by atoms with van der Waals surface area (Å²) in [6.45, 7) is 7.30. The summed E-state index contributed by atoms with van der Waals surface area (Å²) >= 11 is 0. The highest BCUT2D eigenvalue weighted by Gasteiger charge is 2.09. The fourth-order valence-corrected chi connectivity index (χ4v) is 2.39. The smallest absolute Gasteiger partial charge is 0.0462 e. The van der Waals surface area contributed by atoms with Crippen molar-refractivity contribution < 1.29 is 4.74 Å². The van der Waals surface area contributed by atoms with E-state index in [1.54, 1.807) is 7.11 Å². The van der Waals surface area contributed by atoms with Crippen LogP contribution in [0.2, 0.25) is 0 Å². The molecule has 0 aliphatic carbocycles. The first kappa shape index (κ1) is 14.2. The van der Waals surface area contributed by atoms with Gasteiger partial charge in [-0.05, 0) is 56.7 Å². The minimum Gasteiger partial charge on any atom is -0.385 e. The largest absolute Gasteiger partial charge is 0.385 e. The zero-order valence-electron chi connectivity index (χ0n) is 11.5. The molecule has 0 spiro atoms. The zero-order chi connectivity index (χ0) is 12.8. The van der Waals surface area contributed by atoms with Crippen LogP contribution in [0.3, 0.4) is 0 Å². The van der Waals surface area contributed by atoms with Gasteiger partial charge in [-0.15, -0.1) is 0 Å². The topological polar surface area (TPSA) is 35.2 Å². The molecule has 2 N–H and O–H groups in total. The molecule has 0 heterocycles. The Kier molecular flexibility index (Phi) is 5.66. The van der Waals surface area contributed by atoms with Gasteiger partial charge in [0.15, 0.2) is 0 Å². The van der Waals surface area contributed by atoms with Crippen LogP contribution in [-0.4, -0.2) is 19.8 Å². The van der Waals surface area contributed by atoms with Gasteiger partial charge in [0.1, 0.15) is 0 Å². The molecular formula is C15H25NO. The fourth-order valence-electron chi connectivity index (χ4n) is 2.39. The number of ether oxygens (including phenoxy) is 1. The van der Waals surface area contributed by atoms with Gasteiger partial charge in [0, 0.05) is 19.8 Å². The molecule has 2 heteroatoms. The maximum atomic E-state index is 6.17. The van der Waals surface area contributed by atoms with E-state index >= 15 is 0 Å². The standard InChI is InChI=1S/C15H25NO/c1-11-8-12(2)15(13(3)9-11)10-14(16)6-5-7-17-4/h8-9,14H,5-7,10,16H2,1-4H3. The highest BCUT2D eigenvalue weighted by Crippen LogP contribution is 2.18. The molecule has 1 unspecified atom stereocenters. The summed E-state index contributed by atoms with van der Waals surface area (Å²) < 4.78 is 5.05. The second kappa shape index (κ2) is 6.77. The van der Waals surface area contributed by atoms with Crippen molar-refractivity contribution in [1.82, 2.24) is 0 Å². The van der Waals surface area contributed by atoms with Gasteiger partial charge in [-0.25, -0.2) is 0 Å². The third-order valence-electron chi connectivity index (χ3n) is 3.23. The molecule has 0 bridgehead atoms. The quantitative estimate of drug-likeness (QED) is 0.769. The predicted octanol–water partition coefficient (Wildman–Crippen LogP) is 2.91.